The van der Waals surface area contributed by atoms with Crippen LogP contribution in [0.25, 0.3) is 0 Å². The summed E-state index contributed by atoms with van der Waals surface area (Å²) < 4.78 is 3.88. The van der Waals surface area contributed by atoms with E-state index < -0.39 is 0 Å². The zero-order valence-electron chi connectivity index (χ0n) is 8.37. The molecule has 0 aliphatic heterocycles. The Morgan fingerprint density at radius 1 is 1.75 bits per heavy atom. The van der Waals surface area contributed by atoms with Crippen LogP contribution in [0.15, 0.2) is 17.3 Å². The molecule has 1 heterocycles. The molecule has 2 N–H and O–H groups in total. The third-order valence-electron chi connectivity index (χ3n) is 2.04. The van der Waals surface area contributed by atoms with Crippen molar-refractivity contribution in [1.29, 1.82) is 0 Å². The van der Waals surface area contributed by atoms with Crippen molar-refractivity contribution in [2.24, 2.45) is 5.16 Å². The smallest absolute Gasteiger partial charge is 0.200 e. The summed E-state index contributed by atoms with van der Waals surface area (Å²) in [5, 5.41) is 4.03. The number of carbonyl (C=O) groups is 1. The van der Waals surface area contributed by atoms with Gasteiger partial charge in [0, 0.05) is 11.5 Å². The van der Waals surface area contributed by atoms with Gasteiger partial charge in [-0.05, 0) is 18.9 Å². The highest BCUT2D eigenvalue weighted by Gasteiger charge is 2.13. The van der Waals surface area contributed by atoms with Crippen LogP contribution in [0.4, 0.5) is 5.13 Å². The molecule has 0 radical (unpaired) electrons. The first-order valence-corrected chi connectivity index (χ1v) is 5.52. The second kappa shape index (κ2) is 4.84. The number of allylic oxidation sites excluding steroid dienone is 1. The molecule has 1 unspecified atom stereocenters. The minimum atomic E-state index is -0.0640. The zero-order chi connectivity index (χ0) is 11.4. The summed E-state index contributed by atoms with van der Waals surface area (Å²) in [6.45, 7) is 0. The fourth-order valence-corrected chi connectivity index (χ4v) is 1.71. The average Bonchev–Trinajstić information content (AvgIpc) is 2.91. The monoisotopic (exact) mass is 238 g/mol. The van der Waals surface area contributed by atoms with E-state index in [1.54, 1.807) is 0 Å². The quantitative estimate of drug-likeness (QED) is 0.362. The van der Waals surface area contributed by atoms with E-state index in [0.29, 0.717) is 11.4 Å². The third kappa shape index (κ3) is 2.43. The summed E-state index contributed by atoms with van der Waals surface area (Å²) in [6, 6.07) is 0. The Balaban J connectivity index is 2.06. The Hall–Kier alpha value is -1.76. The number of aldehydes is 1. The minimum Gasteiger partial charge on any atom is -0.388 e. The van der Waals surface area contributed by atoms with Gasteiger partial charge in [0.15, 0.2) is 23.0 Å². The third-order valence-corrected chi connectivity index (χ3v) is 2.58. The van der Waals surface area contributed by atoms with Gasteiger partial charge in [0.25, 0.3) is 0 Å². The second-order valence-electron chi connectivity index (χ2n) is 3.20. The van der Waals surface area contributed by atoms with Gasteiger partial charge in [-0.25, -0.2) is 0 Å². The standard InChI is InChI=1S/C9H10N4O2S/c10-9-11-8(13-16-9)7(5-14)12-15-6-3-1-2-4-6/h1,3,5-6H,2,4H2,(H2,10,11,13)/b12-7+. The lowest BCUT2D eigenvalue weighted by molar-refractivity contribution is -0.102. The van der Waals surface area contributed by atoms with Crippen molar-refractivity contribution in [3.8, 4) is 0 Å². The largest absolute Gasteiger partial charge is 0.388 e. The maximum absolute atomic E-state index is 10.8. The van der Waals surface area contributed by atoms with E-state index in [1.807, 2.05) is 12.2 Å². The number of hydrogen-bond donors (Lipinski definition) is 1. The SMILES string of the molecule is Nc1nc(/C(C=O)=N/OC2C=CCC2)ns1. The Labute approximate surface area is 96.0 Å². The van der Waals surface area contributed by atoms with Crippen LogP contribution < -0.4 is 5.73 Å². The molecule has 2 rings (SSSR count). The number of anilines is 1. The van der Waals surface area contributed by atoms with Crippen molar-refractivity contribution in [3.05, 3.63) is 18.0 Å². The lowest BCUT2D eigenvalue weighted by Gasteiger charge is -2.04. The first-order valence-electron chi connectivity index (χ1n) is 4.75. The van der Waals surface area contributed by atoms with E-state index in [9.17, 15) is 4.79 Å². The molecule has 1 atom stereocenters. The highest BCUT2D eigenvalue weighted by molar-refractivity contribution is 7.09. The molecule has 1 aliphatic rings. The van der Waals surface area contributed by atoms with Crippen LogP contribution in [0, 0.1) is 0 Å². The number of nitrogens with two attached hydrogens (primary N) is 1. The fraction of sp³-hybridized carbons (Fsp3) is 0.333. The highest BCUT2D eigenvalue weighted by atomic mass is 32.1. The van der Waals surface area contributed by atoms with Crippen LogP contribution in [0.5, 0.6) is 0 Å². The molecule has 1 aliphatic carbocycles. The molecule has 0 fully saturated rings. The number of rotatable bonds is 4. The summed E-state index contributed by atoms with van der Waals surface area (Å²) in [4.78, 5) is 19.8. The molecule has 1 aromatic heterocycles. The molecule has 0 saturated carbocycles. The van der Waals surface area contributed by atoms with Crippen molar-refractivity contribution >= 4 is 28.7 Å². The maximum Gasteiger partial charge on any atom is 0.200 e. The van der Waals surface area contributed by atoms with Crippen LogP contribution in [-0.4, -0.2) is 27.5 Å². The normalized spacial score (nSPS) is 20.0. The van der Waals surface area contributed by atoms with Crippen LogP contribution >= 0.6 is 11.5 Å². The predicted molar refractivity (Wildman–Crippen MR) is 60.2 cm³/mol. The lowest BCUT2D eigenvalue weighted by atomic mass is 10.3. The van der Waals surface area contributed by atoms with Gasteiger partial charge in [0.1, 0.15) is 6.10 Å². The van der Waals surface area contributed by atoms with Crippen molar-refractivity contribution in [3.63, 3.8) is 0 Å². The second-order valence-corrected chi connectivity index (χ2v) is 3.98. The van der Waals surface area contributed by atoms with Crippen molar-refractivity contribution in [1.82, 2.24) is 9.36 Å². The van der Waals surface area contributed by atoms with E-state index in [4.69, 9.17) is 10.6 Å². The predicted octanol–water partition coefficient (Wildman–Crippen LogP) is 0.759. The van der Waals surface area contributed by atoms with Crippen molar-refractivity contribution in [2.75, 3.05) is 5.73 Å². The lowest BCUT2D eigenvalue weighted by Crippen LogP contribution is -2.09. The summed E-state index contributed by atoms with van der Waals surface area (Å²) in [5.41, 5.74) is 5.47. The highest BCUT2D eigenvalue weighted by Crippen LogP contribution is 2.13. The van der Waals surface area contributed by atoms with Crippen molar-refractivity contribution < 1.29 is 9.63 Å². The molecule has 0 bridgehead atoms. The molecule has 7 heteroatoms. The first kappa shape index (κ1) is 10.7. The van der Waals surface area contributed by atoms with Gasteiger partial charge in [0.05, 0.1) is 0 Å². The number of aromatic nitrogens is 2. The molecule has 1 aromatic rings. The van der Waals surface area contributed by atoms with Crippen molar-refractivity contribution in [2.45, 2.75) is 18.9 Å². The van der Waals surface area contributed by atoms with Crippen LogP contribution in [-0.2, 0) is 9.63 Å². The van der Waals surface area contributed by atoms with E-state index in [2.05, 4.69) is 14.5 Å². The van der Waals surface area contributed by atoms with Crippen LogP contribution in [0.2, 0.25) is 0 Å². The number of nitrogens with zero attached hydrogens (tertiary/aromatic N) is 3. The van der Waals surface area contributed by atoms with E-state index in [-0.39, 0.29) is 17.6 Å². The van der Waals surface area contributed by atoms with Gasteiger partial charge in [-0.1, -0.05) is 11.2 Å². The van der Waals surface area contributed by atoms with E-state index in [1.165, 1.54) is 0 Å². The first-order chi connectivity index (χ1) is 7.79. The zero-order valence-corrected chi connectivity index (χ0v) is 9.18. The Bertz CT molecular complexity index is 440. The van der Waals surface area contributed by atoms with Gasteiger partial charge in [-0.3, -0.25) is 4.79 Å². The fourth-order valence-electron chi connectivity index (χ4n) is 1.27. The molecule has 0 amide bonds. The number of hydrogen-bond acceptors (Lipinski definition) is 7. The number of oxime groups is 1. The van der Waals surface area contributed by atoms with Crippen LogP contribution in [0.3, 0.4) is 0 Å². The average molecular weight is 238 g/mol. The van der Waals surface area contributed by atoms with E-state index >= 15 is 0 Å². The van der Waals surface area contributed by atoms with Gasteiger partial charge >= 0.3 is 0 Å². The van der Waals surface area contributed by atoms with Gasteiger partial charge < -0.3 is 10.6 Å². The molecular weight excluding hydrogens is 228 g/mol. The summed E-state index contributed by atoms with van der Waals surface area (Å²) >= 11 is 1.01. The van der Waals surface area contributed by atoms with Gasteiger partial charge in [0.2, 0.25) is 0 Å². The summed E-state index contributed by atoms with van der Waals surface area (Å²) in [7, 11) is 0. The van der Waals surface area contributed by atoms with Gasteiger partial charge in [-0.2, -0.15) is 9.36 Å². The summed E-state index contributed by atoms with van der Waals surface area (Å²) in [5.74, 6) is 0.208. The molecule has 0 saturated heterocycles. The maximum atomic E-state index is 10.8. The molecular formula is C9H10N4O2S. The summed E-state index contributed by atoms with van der Waals surface area (Å²) in [6.07, 6.45) is 6.26. The van der Waals surface area contributed by atoms with Gasteiger partial charge in [-0.15, -0.1) is 0 Å². The molecule has 84 valence electrons. The number of carbonyl (C=O) groups excluding carboxylic acids is 1. The Morgan fingerprint density at radius 3 is 3.19 bits per heavy atom. The Kier molecular flexibility index (Phi) is 3.25. The minimum absolute atomic E-state index is 0.0632. The van der Waals surface area contributed by atoms with E-state index in [0.717, 1.165) is 24.4 Å². The topological polar surface area (TPSA) is 90.5 Å². The molecule has 6 nitrogen and oxygen atoms in total. The molecule has 0 spiro atoms. The molecule has 0 aromatic carbocycles. The number of nitrogen functional groups attached to an aromatic ring is 1. The Morgan fingerprint density at radius 2 is 2.62 bits per heavy atom. The van der Waals surface area contributed by atoms with Crippen LogP contribution in [0.1, 0.15) is 18.7 Å². The molecule has 16 heavy (non-hydrogen) atoms.